The maximum absolute atomic E-state index is 11.8. The Hall–Kier alpha value is -0.740. The van der Waals surface area contributed by atoms with E-state index < -0.39 is 17.9 Å². The van der Waals surface area contributed by atoms with Crippen molar-refractivity contribution in [1.82, 2.24) is 0 Å². The third-order valence-electron chi connectivity index (χ3n) is 2.04. The third-order valence-corrected chi connectivity index (χ3v) is 2.04. The molecule has 4 nitrogen and oxygen atoms in total. The van der Waals surface area contributed by atoms with E-state index in [4.69, 9.17) is 9.47 Å². The van der Waals surface area contributed by atoms with Crippen LogP contribution in [0.25, 0.3) is 0 Å². The van der Waals surface area contributed by atoms with Crippen molar-refractivity contribution in [2.75, 3.05) is 0 Å². The van der Waals surface area contributed by atoms with Crippen LogP contribution in [0.4, 0.5) is 0 Å². The molecule has 0 aliphatic rings. The van der Waals surface area contributed by atoms with Gasteiger partial charge in [-0.25, -0.2) is 0 Å². The predicted octanol–water partition coefficient (Wildman–Crippen LogP) is 2.49. The van der Waals surface area contributed by atoms with Gasteiger partial charge in [0.15, 0.2) is 0 Å². The van der Waals surface area contributed by atoms with Crippen molar-refractivity contribution in [3.63, 3.8) is 0 Å². The zero-order chi connectivity index (χ0) is 13.4. The fourth-order valence-corrected chi connectivity index (χ4v) is 1.24. The van der Waals surface area contributed by atoms with Crippen LogP contribution in [-0.4, -0.2) is 30.1 Å². The summed E-state index contributed by atoms with van der Waals surface area (Å²) in [6.45, 7) is 9.20. The Kier molecular flexibility index (Phi) is 8.00. The molecular formula is C13H24O4. The SMILES string of the molecule is CCCCC(=O)C(=O)C(OC(C)C)OC(C)C. The van der Waals surface area contributed by atoms with Gasteiger partial charge in [0.2, 0.25) is 12.1 Å². The molecule has 4 heteroatoms. The van der Waals surface area contributed by atoms with E-state index in [2.05, 4.69) is 0 Å². The molecule has 0 fully saturated rings. The predicted molar refractivity (Wildman–Crippen MR) is 65.8 cm³/mol. The molecule has 0 heterocycles. The van der Waals surface area contributed by atoms with Gasteiger partial charge in [-0.1, -0.05) is 13.3 Å². The zero-order valence-electron chi connectivity index (χ0n) is 11.5. The van der Waals surface area contributed by atoms with Crippen molar-refractivity contribution in [3.8, 4) is 0 Å². The summed E-state index contributed by atoms with van der Waals surface area (Å²) >= 11 is 0. The molecule has 0 aliphatic heterocycles. The Labute approximate surface area is 104 Å². The number of hydrogen-bond acceptors (Lipinski definition) is 4. The summed E-state index contributed by atoms with van der Waals surface area (Å²) in [5.74, 6) is -0.973. The Balaban J connectivity index is 4.45. The summed E-state index contributed by atoms with van der Waals surface area (Å²) in [7, 11) is 0. The van der Waals surface area contributed by atoms with Crippen LogP contribution in [0.2, 0.25) is 0 Å². The summed E-state index contributed by atoms with van der Waals surface area (Å²) in [6.07, 6.45) is 0.525. The van der Waals surface area contributed by atoms with Crippen LogP contribution in [0.15, 0.2) is 0 Å². The summed E-state index contributed by atoms with van der Waals surface area (Å²) in [6, 6.07) is 0. The summed E-state index contributed by atoms with van der Waals surface area (Å²) in [4.78, 5) is 23.4. The van der Waals surface area contributed by atoms with Crippen molar-refractivity contribution in [3.05, 3.63) is 0 Å². The average Bonchev–Trinajstić information content (AvgIpc) is 2.22. The molecule has 0 N–H and O–H groups in total. The molecular weight excluding hydrogens is 220 g/mol. The van der Waals surface area contributed by atoms with Gasteiger partial charge in [0.05, 0.1) is 12.2 Å². The molecule has 0 amide bonds. The lowest BCUT2D eigenvalue weighted by atomic mass is 10.1. The van der Waals surface area contributed by atoms with Gasteiger partial charge in [0, 0.05) is 6.42 Å². The summed E-state index contributed by atoms with van der Waals surface area (Å²) in [5, 5.41) is 0. The third kappa shape index (κ3) is 7.23. The fourth-order valence-electron chi connectivity index (χ4n) is 1.24. The van der Waals surface area contributed by atoms with Crippen LogP contribution in [0.1, 0.15) is 53.9 Å². The highest BCUT2D eigenvalue weighted by molar-refractivity contribution is 6.38. The van der Waals surface area contributed by atoms with E-state index >= 15 is 0 Å². The van der Waals surface area contributed by atoms with Gasteiger partial charge in [0.1, 0.15) is 0 Å². The highest BCUT2D eigenvalue weighted by atomic mass is 16.7. The minimum absolute atomic E-state index is 0.151. The molecule has 0 atom stereocenters. The minimum Gasteiger partial charge on any atom is -0.343 e. The largest absolute Gasteiger partial charge is 0.343 e. The summed E-state index contributed by atoms with van der Waals surface area (Å²) < 4.78 is 10.7. The van der Waals surface area contributed by atoms with Gasteiger partial charge in [-0.15, -0.1) is 0 Å². The number of rotatable bonds is 9. The number of carbonyl (C=O) groups excluding carboxylic acids is 2. The van der Waals surface area contributed by atoms with E-state index in [1.54, 1.807) is 27.7 Å². The second-order valence-corrected chi connectivity index (χ2v) is 4.59. The molecule has 0 bridgehead atoms. The molecule has 0 rings (SSSR count). The van der Waals surface area contributed by atoms with Crippen molar-refractivity contribution in [1.29, 1.82) is 0 Å². The van der Waals surface area contributed by atoms with Crippen LogP contribution in [0.3, 0.4) is 0 Å². The van der Waals surface area contributed by atoms with Gasteiger partial charge in [-0.2, -0.15) is 0 Å². The van der Waals surface area contributed by atoms with Gasteiger partial charge in [-0.05, 0) is 34.1 Å². The van der Waals surface area contributed by atoms with Crippen LogP contribution < -0.4 is 0 Å². The van der Waals surface area contributed by atoms with Gasteiger partial charge < -0.3 is 9.47 Å². The molecule has 0 radical (unpaired) electrons. The molecule has 0 saturated heterocycles. The second kappa shape index (κ2) is 8.37. The van der Waals surface area contributed by atoms with E-state index in [0.717, 1.165) is 12.8 Å². The molecule has 0 unspecified atom stereocenters. The molecule has 0 aliphatic carbocycles. The van der Waals surface area contributed by atoms with Crippen molar-refractivity contribution >= 4 is 11.6 Å². The zero-order valence-corrected chi connectivity index (χ0v) is 11.5. The molecule has 0 aromatic carbocycles. The first-order valence-corrected chi connectivity index (χ1v) is 6.26. The first-order chi connectivity index (χ1) is 7.88. The number of ether oxygens (including phenoxy) is 2. The molecule has 0 aromatic rings. The number of hydrogen-bond donors (Lipinski definition) is 0. The Morgan fingerprint density at radius 1 is 1.00 bits per heavy atom. The van der Waals surface area contributed by atoms with Crippen LogP contribution in [0.5, 0.6) is 0 Å². The van der Waals surface area contributed by atoms with Crippen LogP contribution >= 0.6 is 0 Å². The number of Topliss-reactive ketones (excluding diaryl/α,β-unsaturated/α-hetero) is 2. The maximum Gasteiger partial charge on any atom is 0.254 e. The van der Waals surface area contributed by atoms with E-state index in [0.29, 0.717) is 0 Å². The first-order valence-electron chi connectivity index (χ1n) is 6.26. The minimum atomic E-state index is -1.06. The molecule has 17 heavy (non-hydrogen) atoms. The number of carbonyl (C=O) groups is 2. The second-order valence-electron chi connectivity index (χ2n) is 4.59. The van der Waals surface area contributed by atoms with Gasteiger partial charge in [0.25, 0.3) is 5.78 Å². The molecule has 100 valence electrons. The Morgan fingerprint density at radius 2 is 1.47 bits per heavy atom. The van der Waals surface area contributed by atoms with Gasteiger partial charge in [-0.3, -0.25) is 9.59 Å². The standard InChI is InChI=1S/C13H24O4/c1-6-7-8-11(14)12(15)13(16-9(2)3)17-10(4)5/h9-10,13H,6-8H2,1-5H3. The summed E-state index contributed by atoms with van der Waals surface area (Å²) in [5.41, 5.74) is 0. The van der Waals surface area contributed by atoms with Crippen molar-refractivity contribution in [2.24, 2.45) is 0 Å². The number of ketones is 2. The van der Waals surface area contributed by atoms with E-state index in [-0.39, 0.29) is 18.6 Å². The average molecular weight is 244 g/mol. The van der Waals surface area contributed by atoms with E-state index in [1.807, 2.05) is 6.92 Å². The Morgan fingerprint density at radius 3 is 1.82 bits per heavy atom. The van der Waals surface area contributed by atoms with E-state index in [9.17, 15) is 9.59 Å². The smallest absolute Gasteiger partial charge is 0.254 e. The van der Waals surface area contributed by atoms with Crippen LogP contribution in [0, 0.1) is 0 Å². The lowest BCUT2D eigenvalue weighted by Gasteiger charge is -2.21. The van der Waals surface area contributed by atoms with Gasteiger partial charge >= 0.3 is 0 Å². The topological polar surface area (TPSA) is 52.6 Å². The Bertz CT molecular complexity index is 236. The highest BCUT2D eigenvalue weighted by Gasteiger charge is 2.27. The first kappa shape index (κ1) is 16.3. The maximum atomic E-state index is 11.8. The van der Waals surface area contributed by atoms with Crippen LogP contribution in [-0.2, 0) is 19.1 Å². The van der Waals surface area contributed by atoms with E-state index in [1.165, 1.54) is 0 Å². The lowest BCUT2D eigenvalue weighted by Crippen LogP contribution is -2.37. The normalized spacial score (nSPS) is 11.5. The molecule has 0 spiro atoms. The monoisotopic (exact) mass is 244 g/mol. The highest BCUT2D eigenvalue weighted by Crippen LogP contribution is 2.08. The quantitative estimate of drug-likeness (QED) is 0.462. The molecule has 0 aromatic heterocycles. The van der Waals surface area contributed by atoms with Crippen molar-refractivity contribution < 1.29 is 19.1 Å². The lowest BCUT2D eigenvalue weighted by molar-refractivity contribution is -0.191. The molecule has 0 saturated carbocycles. The fraction of sp³-hybridized carbons (Fsp3) is 0.846. The van der Waals surface area contributed by atoms with Crippen molar-refractivity contribution in [2.45, 2.75) is 72.4 Å². The number of unbranched alkanes of at least 4 members (excludes halogenated alkanes) is 1.